The second kappa shape index (κ2) is 3.59. The molecule has 0 radical (unpaired) electrons. The van der Waals surface area contributed by atoms with Gasteiger partial charge in [-0.3, -0.25) is 10.1 Å². The fourth-order valence-electron chi connectivity index (χ4n) is 0.920. The Labute approximate surface area is 83.8 Å². The van der Waals surface area contributed by atoms with Crippen LogP contribution in [0.2, 0.25) is 0 Å². The van der Waals surface area contributed by atoms with Crippen LogP contribution >= 0.6 is 11.3 Å². The van der Waals surface area contributed by atoms with E-state index in [1.165, 1.54) is 11.3 Å². The molecule has 72 valence electrons. The first-order valence-electron chi connectivity index (χ1n) is 3.90. The standard InChI is InChI=1S/C8H7N3O2S/c1-5-4-6(11-13-5)7(12)10-8-9-2-3-14-8/h2-4H,1H3,(H,9,10,12). The SMILES string of the molecule is Cc1cc(C(=O)Nc2nccs2)no1. The molecule has 1 N–H and O–H groups in total. The third-order valence-corrected chi connectivity index (χ3v) is 2.20. The number of amides is 1. The predicted octanol–water partition coefficient (Wildman–Crippen LogP) is 1.69. The Bertz CT molecular complexity index is 435. The number of carbonyl (C=O) groups is 1. The summed E-state index contributed by atoms with van der Waals surface area (Å²) in [6.07, 6.45) is 1.62. The zero-order valence-corrected chi connectivity index (χ0v) is 8.17. The Balaban J connectivity index is 2.10. The lowest BCUT2D eigenvalue weighted by atomic mass is 10.4. The molecule has 0 saturated heterocycles. The zero-order valence-electron chi connectivity index (χ0n) is 7.35. The molecule has 0 aromatic carbocycles. The molecule has 2 aromatic rings. The number of carbonyl (C=O) groups excluding carboxylic acids is 1. The highest BCUT2D eigenvalue weighted by molar-refractivity contribution is 7.13. The van der Waals surface area contributed by atoms with Crippen LogP contribution in [0.3, 0.4) is 0 Å². The molecule has 0 aliphatic carbocycles. The minimum atomic E-state index is -0.309. The molecule has 0 aliphatic heterocycles. The molecule has 2 heterocycles. The van der Waals surface area contributed by atoms with Gasteiger partial charge in [0.2, 0.25) is 0 Å². The highest BCUT2D eigenvalue weighted by Crippen LogP contribution is 2.12. The van der Waals surface area contributed by atoms with E-state index in [0.717, 1.165) is 0 Å². The lowest BCUT2D eigenvalue weighted by Crippen LogP contribution is -2.11. The second-order valence-corrected chi connectivity index (χ2v) is 3.51. The third kappa shape index (κ3) is 1.80. The van der Waals surface area contributed by atoms with Gasteiger partial charge in [0.15, 0.2) is 10.8 Å². The lowest BCUT2D eigenvalue weighted by molar-refractivity contribution is 0.101. The molecule has 0 bridgehead atoms. The first-order valence-corrected chi connectivity index (χ1v) is 4.78. The average molecular weight is 209 g/mol. The van der Waals surface area contributed by atoms with Crippen molar-refractivity contribution in [3.8, 4) is 0 Å². The minimum absolute atomic E-state index is 0.262. The summed E-state index contributed by atoms with van der Waals surface area (Å²) in [6.45, 7) is 1.73. The molecule has 2 aromatic heterocycles. The molecule has 0 saturated carbocycles. The first-order chi connectivity index (χ1) is 6.75. The molecular formula is C8H7N3O2S. The van der Waals surface area contributed by atoms with E-state index in [4.69, 9.17) is 4.52 Å². The van der Waals surface area contributed by atoms with E-state index in [9.17, 15) is 4.79 Å². The Morgan fingerprint density at radius 2 is 2.50 bits per heavy atom. The van der Waals surface area contributed by atoms with Crippen LogP contribution in [0, 0.1) is 6.92 Å². The number of hydrogen-bond donors (Lipinski definition) is 1. The van der Waals surface area contributed by atoms with Crippen LogP contribution in [0.5, 0.6) is 0 Å². The van der Waals surface area contributed by atoms with Crippen molar-refractivity contribution in [1.29, 1.82) is 0 Å². The molecule has 2 rings (SSSR count). The van der Waals surface area contributed by atoms with Gasteiger partial charge in [0.1, 0.15) is 5.76 Å². The summed E-state index contributed by atoms with van der Waals surface area (Å²) in [4.78, 5) is 15.4. The average Bonchev–Trinajstić information content (AvgIpc) is 2.75. The van der Waals surface area contributed by atoms with E-state index >= 15 is 0 Å². The number of anilines is 1. The van der Waals surface area contributed by atoms with Crippen molar-refractivity contribution in [2.24, 2.45) is 0 Å². The van der Waals surface area contributed by atoms with Crippen LogP contribution in [0.4, 0.5) is 5.13 Å². The van der Waals surface area contributed by atoms with Crippen LogP contribution in [-0.4, -0.2) is 16.0 Å². The maximum Gasteiger partial charge on any atom is 0.279 e. The van der Waals surface area contributed by atoms with Crippen molar-refractivity contribution >= 4 is 22.4 Å². The zero-order chi connectivity index (χ0) is 9.97. The van der Waals surface area contributed by atoms with Gasteiger partial charge in [-0.2, -0.15) is 0 Å². The Hall–Kier alpha value is -1.69. The van der Waals surface area contributed by atoms with Crippen molar-refractivity contribution in [2.45, 2.75) is 6.92 Å². The van der Waals surface area contributed by atoms with Crippen LogP contribution in [0.1, 0.15) is 16.2 Å². The third-order valence-electron chi connectivity index (χ3n) is 1.51. The number of rotatable bonds is 2. The molecule has 14 heavy (non-hydrogen) atoms. The van der Waals surface area contributed by atoms with Crippen molar-refractivity contribution < 1.29 is 9.32 Å². The van der Waals surface area contributed by atoms with Gasteiger partial charge >= 0.3 is 0 Å². The van der Waals surface area contributed by atoms with Crippen molar-refractivity contribution in [3.63, 3.8) is 0 Å². The van der Waals surface area contributed by atoms with Crippen LogP contribution in [0.15, 0.2) is 22.2 Å². The van der Waals surface area contributed by atoms with Crippen LogP contribution in [0.25, 0.3) is 0 Å². The maximum absolute atomic E-state index is 11.5. The fraction of sp³-hybridized carbons (Fsp3) is 0.125. The second-order valence-electron chi connectivity index (χ2n) is 2.61. The maximum atomic E-state index is 11.5. The van der Waals surface area contributed by atoms with E-state index in [1.807, 2.05) is 0 Å². The first kappa shape index (κ1) is 8.89. The Morgan fingerprint density at radius 3 is 3.07 bits per heavy atom. The summed E-state index contributed by atoms with van der Waals surface area (Å²) >= 11 is 1.35. The number of nitrogens with one attached hydrogen (secondary N) is 1. The summed E-state index contributed by atoms with van der Waals surface area (Å²) in [5.41, 5.74) is 0.262. The number of aryl methyl sites for hydroxylation is 1. The summed E-state index contributed by atoms with van der Waals surface area (Å²) in [5.74, 6) is 0.297. The van der Waals surface area contributed by atoms with Gasteiger partial charge in [0, 0.05) is 17.6 Å². The molecule has 0 aliphatic rings. The minimum Gasteiger partial charge on any atom is -0.361 e. The van der Waals surface area contributed by atoms with Gasteiger partial charge in [0.05, 0.1) is 0 Å². The van der Waals surface area contributed by atoms with Crippen molar-refractivity contribution in [3.05, 3.63) is 29.1 Å². The highest BCUT2D eigenvalue weighted by Gasteiger charge is 2.11. The van der Waals surface area contributed by atoms with Crippen molar-refractivity contribution in [2.75, 3.05) is 5.32 Å². The normalized spacial score (nSPS) is 10.1. The van der Waals surface area contributed by atoms with E-state index in [0.29, 0.717) is 10.9 Å². The molecule has 0 unspecified atom stereocenters. The predicted molar refractivity (Wildman–Crippen MR) is 51.3 cm³/mol. The summed E-state index contributed by atoms with van der Waals surface area (Å²) < 4.78 is 4.78. The van der Waals surface area contributed by atoms with E-state index < -0.39 is 0 Å². The molecule has 0 spiro atoms. The molecular weight excluding hydrogens is 202 g/mol. The molecule has 6 heteroatoms. The number of nitrogens with zero attached hydrogens (tertiary/aromatic N) is 2. The molecule has 0 fully saturated rings. The Morgan fingerprint density at radius 1 is 1.64 bits per heavy atom. The topological polar surface area (TPSA) is 68.0 Å². The molecule has 5 nitrogen and oxygen atoms in total. The van der Waals surface area contributed by atoms with Gasteiger partial charge in [-0.05, 0) is 6.92 Å². The number of thiazole rings is 1. The van der Waals surface area contributed by atoms with E-state index in [1.54, 1.807) is 24.6 Å². The van der Waals surface area contributed by atoms with E-state index in [-0.39, 0.29) is 11.6 Å². The summed E-state index contributed by atoms with van der Waals surface area (Å²) in [6, 6.07) is 1.57. The van der Waals surface area contributed by atoms with Gasteiger partial charge in [0.25, 0.3) is 5.91 Å². The Kier molecular flexibility index (Phi) is 2.28. The summed E-state index contributed by atoms with van der Waals surface area (Å²) in [5, 5.41) is 8.52. The largest absolute Gasteiger partial charge is 0.361 e. The monoisotopic (exact) mass is 209 g/mol. The van der Waals surface area contributed by atoms with Crippen LogP contribution in [-0.2, 0) is 0 Å². The number of aromatic nitrogens is 2. The molecule has 1 amide bonds. The quantitative estimate of drug-likeness (QED) is 0.817. The number of hydrogen-bond acceptors (Lipinski definition) is 5. The van der Waals surface area contributed by atoms with Gasteiger partial charge in [-0.25, -0.2) is 4.98 Å². The molecule has 0 atom stereocenters. The van der Waals surface area contributed by atoms with Gasteiger partial charge < -0.3 is 4.52 Å². The van der Waals surface area contributed by atoms with Crippen LogP contribution < -0.4 is 5.32 Å². The van der Waals surface area contributed by atoms with E-state index in [2.05, 4.69) is 15.5 Å². The van der Waals surface area contributed by atoms with Gasteiger partial charge in [-0.1, -0.05) is 5.16 Å². The summed E-state index contributed by atoms with van der Waals surface area (Å²) in [7, 11) is 0. The fourth-order valence-corrected chi connectivity index (χ4v) is 1.44. The smallest absolute Gasteiger partial charge is 0.279 e. The lowest BCUT2D eigenvalue weighted by Gasteiger charge is -1.95. The van der Waals surface area contributed by atoms with Gasteiger partial charge in [-0.15, -0.1) is 11.3 Å². The van der Waals surface area contributed by atoms with Crippen molar-refractivity contribution in [1.82, 2.24) is 10.1 Å². The highest BCUT2D eigenvalue weighted by atomic mass is 32.1.